The van der Waals surface area contributed by atoms with E-state index in [1.165, 1.54) is 30.5 Å². The zero-order chi connectivity index (χ0) is 22.9. The molecule has 4 N–H and O–H groups in total. The van der Waals surface area contributed by atoms with E-state index in [0.717, 1.165) is 16.7 Å². The number of rotatable bonds is 5. The molecule has 32 heavy (non-hydrogen) atoms. The molecule has 0 unspecified atom stereocenters. The van der Waals surface area contributed by atoms with Gasteiger partial charge < -0.3 is 5.11 Å². The Morgan fingerprint density at radius 1 is 0.969 bits per heavy atom. The maximum absolute atomic E-state index is 13.3. The molecule has 0 aliphatic carbocycles. The first-order valence-electron chi connectivity index (χ1n) is 9.49. The number of primary sulfonamides is 1. The quantitative estimate of drug-likeness (QED) is 0.403. The molecular formula is C23H18FN3O4S. The Morgan fingerprint density at radius 2 is 1.62 bits per heavy atom. The second kappa shape index (κ2) is 8.37. The molecule has 0 saturated heterocycles. The maximum Gasteiger partial charge on any atom is 0.258 e. The number of nitrogens with one attached hydrogen (secondary N) is 1. The lowest BCUT2D eigenvalue weighted by atomic mass is 9.99. The number of nitrogens with zero attached hydrogens (tertiary/aromatic N) is 1. The molecule has 162 valence electrons. The van der Waals surface area contributed by atoms with E-state index >= 15 is 0 Å². The van der Waals surface area contributed by atoms with Gasteiger partial charge in [-0.3, -0.25) is 14.8 Å². The van der Waals surface area contributed by atoms with Gasteiger partial charge in [-0.05, 0) is 53.1 Å². The van der Waals surface area contributed by atoms with Gasteiger partial charge in [0.15, 0.2) is 0 Å². The molecule has 4 aromatic rings. The van der Waals surface area contributed by atoms with Gasteiger partial charge >= 0.3 is 0 Å². The molecule has 0 radical (unpaired) electrons. The van der Waals surface area contributed by atoms with Crippen LogP contribution in [-0.2, 0) is 16.6 Å². The SMILES string of the molecule is NS(=O)(=O)c1ccc(CN=Cc2c(O)[nH]c(=O)c3ccc(-c4ccc(F)cc4)cc23)cc1. The van der Waals surface area contributed by atoms with Crippen LogP contribution in [0.4, 0.5) is 4.39 Å². The molecule has 1 heterocycles. The third-order valence-corrected chi connectivity index (χ3v) is 5.89. The molecular weight excluding hydrogens is 433 g/mol. The predicted molar refractivity (Wildman–Crippen MR) is 121 cm³/mol. The highest BCUT2D eigenvalue weighted by Gasteiger charge is 2.11. The number of aliphatic imine (C=N–C) groups is 1. The average Bonchev–Trinajstić information content (AvgIpc) is 2.76. The summed E-state index contributed by atoms with van der Waals surface area (Å²) >= 11 is 0. The summed E-state index contributed by atoms with van der Waals surface area (Å²) in [5.41, 5.74) is 2.11. The van der Waals surface area contributed by atoms with Crippen LogP contribution in [0.3, 0.4) is 0 Å². The molecule has 9 heteroatoms. The van der Waals surface area contributed by atoms with Crippen LogP contribution in [0.2, 0.25) is 0 Å². The van der Waals surface area contributed by atoms with E-state index in [0.29, 0.717) is 16.3 Å². The second-order valence-electron chi connectivity index (χ2n) is 7.14. The van der Waals surface area contributed by atoms with E-state index in [1.54, 1.807) is 42.5 Å². The van der Waals surface area contributed by atoms with Crippen molar-refractivity contribution < 1.29 is 17.9 Å². The van der Waals surface area contributed by atoms with Crippen LogP contribution >= 0.6 is 0 Å². The third-order valence-electron chi connectivity index (χ3n) is 4.97. The fourth-order valence-electron chi connectivity index (χ4n) is 3.31. The summed E-state index contributed by atoms with van der Waals surface area (Å²) in [4.78, 5) is 19.0. The Bertz CT molecular complexity index is 1490. The summed E-state index contributed by atoms with van der Waals surface area (Å²) in [6, 6.07) is 17.0. The predicted octanol–water partition coefficient (Wildman–Crippen LogP) is 3.31. The van der Waals surface area contributed by atoms with Gasteiger partial charge in [-0.15, -0.1) is 0 Å². The van der Waals surface area contributed by atoms with Gasteiger partial charge in [0.2, 0.25) is 15.9 Å². The zero-order valence-electron chi connectivity index (χ0n) is 16.6. The van der Waals surface area contributed by atoms with E-state index in [-0.39, 0.29) is 23.1 Å². The van der Waals surface area contributed by atoms with Crippen LogP contribution in [0.1, 0.15) is 11.1 Å². The number of benzene rings is 3. The molecule has 0 fully saturated rings. The van der Waals surface area contributed by atoms with Crippen molar-refractivity contribution in [3.8, 4) is 17.0 Å². The number of H-pyrrole nitrogens is 1. The summed E-state index contributed by atoms with van der Waals surface area (Å²) in [6.45, 7) is 0.211. The van der Waals surface area contributed by atoms with Crippen molar-refractivity contribution in [3.05, 3.63) is 94.0 Å². The molecule has 0 saturated carbocycles. The highest BCUT2D eigenvalue weighted by atomic mass is 32.2. The number of fused-ring (bicyclic) bond motifs is 1. The fourth-order valence-corrected chi connectivity index (χ4v) is 3.83. The molecule has 0 amide bonds. The largest absolute Gasteiger partial charge is 0.494 e. The van der Waals surface area contributed by atoms with E-state index in [2.05, 4.69) is 9.98 Å². The number of aromatic amines is 1. The third kappa shape index (κ3) is 4.43. The molecule has 0 aliphatic rings. The van der Waals surface area contributed by atoms with Gasteiger partial charge in [0, 0.05) is 17.0 Å². The van der Waals surface area contributed by atoms with Gasteiger partial charge in [-0.1, -0.05) is 30.3 Å². The Hall–Kier alpha value is -3.82. The van der Waals surface area contributed by atoms with Crippen LogP contribution in [0, 0.1) is 5.82 Å². The molecule has 4 rings (SSSR count). The smallest absolute Gasteiger partial charge is 0.258 e. The monoisotopic (exact) mass is 451 g/mol. The molecule has 3 aromatic carbocycles. The minimum Gasteiger partial charge on any atom is -0.494 e. The number of nitrogens with two attached hydrogens (primary N) is 1. The van der Waals surface area contributed by atoms with Crippen LogP contribution in [0.15, 0.2) is 81.4 Å². The first-order valence-corrected chi connectivity index (χ1v) is 11.0. The normalized spacial score (nSPS) is 11.9. The van der Waals surface area contributed by atoms with Crippen molar-refractivity contribution in [1.29, 1.82) is 0 Å². The highest BCUT2D eigenvalue weighted by molar-refractivity contribution is 7.89. The topological polar surface area (TPSA) is 126 Å². The summed E-state index contributed by atoms with van der Waals surface area (Å²) in [5.74, 6) is -0.680. The zero-order valence-corrected chi connectivity index (χ0v) is 17.4. The number of aromatic nitrogens is 1. The first kappa shape index (κ1) is 21.4. The Labute approximate surface area is 182 Å². The van der Waals surface area contributed by atoms with Crippen molar-refractivity contribution in [2.45, 2.75) is 11.4 Å². The average molecular weight is 451 g/mol. The molecule has 0 atom stereocenters. The standard InChI is InChI=1S/C23H18FN3O4S/c24-17-6-3-15(4-7-17)16-5-10-19-20(11-16)21(23(29)27-22(19)28)13-26-12-14-1-8-18(9-2-14)32(25,30)31/h1-11,13H,12H2,(H2,25,30,31)(H2,27,28,29). The Balaban J connectivity index is 1.70. The minimum absolute atomic E-state index is 0.00262. The van der Waals surface area contributed by atoms with E-state index < -0.39 is 15.6 Å². The molecule has 1 aromatic heterocycles. The van der Waals surface area contributed by atoms with E-state index in [4.69, 9.17) is 5.14 Å². The van der Waals surface area contributed by atoms with Gasteiger partial charge in [0.25, 0.3) is 5.56 Å². The lowest BCUT2D eigenvalue weighted by molar-refractivity contribution is 0.452. The summed E-state index contributed by atoms with van der Waals surface area (Å²) in [6.07, 6.45) is 1.44. The van der Waals surface area contributed by atoms with Crippen LogP contribution < -0.4 is 10.7 Å². The lowest BCUT2D eigenvalue weighted by Gasteiger charge is -2.08. The Morgan fingerprint density at radius 3 is 2.28 bits per heavy atom. The molecule has 0 bridgehead atoms. The van der Waals surface area contributed by atoms with Gasteiger partial charge in [-0.25, -0.2) is 17.9 Å². The maximum atomic E-state index is 13.3. The number of aromatic hydroxyl groups is 1. The van der Waals surface area contributed by atoms with Crippen LogP contribution in [0.5, 0.6) is 5.88 Å². The molecule has 0 aliphatic heterocycles. The second-order valence-corrected chi connectivity index (χ2v) is 8.70. The number of sulfonamides is 1. The van der Waals surface area contributed by atoms with Crippen LogP contribution in [-0.4, -0.2) is 24.7 Å². The fraction of sp³-hybridized carbons (Fsp3) is 0.0435. The van der Waals surface area contributed by atoms with Crippen LogP contribution in [0.25, 0.3) is 21.9 Å². The van der Waals surface area contributed by atoms with E-state index in [1.807, 2.05) is 0 Å². The number of hydrogen-bond acceptors (Lipinski definition) is 5. The van der Waals surface area contributed by atoms with Gasteiger partial charge in [-0.2, -0.15) is 0 Å². The van der Waals surface area contributed by atoms with Gasteiger partial charge in [0.1, 0.15) is 5.82 Å². The van der Waals surface area contributed by atoms with Gasteiger partial charge in [0.05, 0.1) is 17.0 Å². The Kier molecular flexibility index (Phi) is 5.60. The summed E-state index contributed by atoms with van der Waals surface area (Å²) in [7, 11) is -3.77. The lowest BCUT2D eigenvalue weighted by Crippen LogP contribution is -2.11. The van der Waals surface area contributed by atoms with Crippen molar-refractivity contribution in [3.63, 3.8) is 0 Å². The highest BCUT2D eigenvalue weighted by Crippen LogP contribution is 2.27. The summed E-state index contributed by atoms with van der Waals surface area (Å²) < 4.78 is 36.0. The van der Waals surface area contributed by atoms with Crippen molar-refractivity contribution in [2.75, 3.05) is 0 Å². The number of pyridine rings is 1. The molecule has 0 spiro atoms. The van der Waals surface area contributed by atoms with Crippen molar-refractivity contribution in [1.82, 2.24) is 4.98 Å². The molecule has 7 nitrogen and oxygen atoms in total. The van der Waals surface area contributed by atoms with Crippen molar-refractivity contribution in [2.24, 2.45) is 10.1 Å². The minimum atomic E-state index is -3.77. The van der Waals surface area contributed by atoms with E-state index in [9.17, 15) is 22.7 Å². The summed E-state index contributed by atoms with van der Waals surface area (Å²) in [5, 5.41) is 16.3. The first-order chi connectivity index (χ1) is 15.2. The number of halogens is 1. The van der Waals surface area contributed by atoms with Crippen molar-refractivity contribution >= 4 is 27.0 Å². The number of hydrogen-bond donors (Lipinski definition) is 3.